The number of alkyl halides is 4. The molecule has 0 bridgehead atoms. The number of pyridine rings is 1. The maximum atomic E-state index is 14.2. The van der Waals surface area contributed by atoms with Crippen LogP contribution in [0.3, 0.4) is 0 Å². The molecule has 1 aliphatic rings. The summed E-state index contributed by atoms with van der Waals surface area (Å²) in [6.07, 6.45) is -0.559. The first-order valence-corrected chi connectivity index (χ1v) is 9.85. The predicted octanol–water partition coefficient (Wildman–Crippen LogP) is 3.78. The SMILES string of the molecule is NC1CCCC(F)(F)C1NC(=O)c1nc(-c2cnn3cc(F)ccc23)c(C(F)F)s1. The van der Waals surface area contributed by atoms with Crippen molar-refractivity contribution in [1.82, 2.24) is 19.9 Å². The van der Waals surface area contributed by atoms with Crippen LogP contribution < -0.4 is 11.1 Å². The lowest BCUT2D eigenvalue weighted by atomic mass is 9.87. The number of aromatic nitrogens is 3. The minimum absolute atomic E-state index is 0.167. The van der Waals surface area contributed by atoms with Crippen molar-refractivity contribution in [3.05, 3.63) is 40.2 Å². The lowest BCUT2D eigenvalue weighted by Crippen LogP contribution is -2.59. The van der Waals surface area contributed by atoms with Gasteiger partial charge in [-0.15, -0.1) is 11.3 Å². The van der Waals surface area contributed by atoms with Gasteiger partial charge in [0.25, 0.3) is 18.3 Å². The second-order valence-corrected chi connectivity index (χ2v) is 8.07. The van der Waals surface area contributed by atoms with Gasteiger partial charge in [-0.25, -0.2) is 31.5 Å². The highest BCUT2D eigenvalue weighted by Crippen LogP contribution is 2.38. The van der Waals surface area contributed by atoms with Gasteiger partial charge < -0.3 is 11.1 Å². The molecule has 2 unspecified atom stereocenters. The molecule has 3 aromatic rings. The fraction of sp³-hybridized carbons (Fsp3) is 0.389. The Hall–Kier alpha value is -2.60. The molecular weight excluding hydrogens is 429 g/mol. The van der Waals surface area contributed by atoms with Crippen LogP contribution >= 0.6 is 11.3 Å². The number of thiazole rings is 1. The van der Waals surface area contributed by atoms with E-state index in [0.29, 0.717) is 23.3 Å². The summed E-state index contributed by atoms with van der Waals surface area (Å²) in [4.78, 5) is 16.0. The Morgan fingerprint density at radius 2 is 2.13 bits per heavy atom. The molecule has 1 fully saturated rings. The Morgan fingerprint density at radius 1 is 1.37 bits per heavy atom. The van der Waals surface area contributed by atoms with Crippen LogP contribution in [-0.2, 0) is 0 Å². The van der Waals surface area contributed by atoms with E-state index in [4.69, 9.17) is 5.73 Å². The molecule has 3 heterocycles. The number of amides is 1. The van der Waals surface area contributed by atoms with Crippen LogP contribution in [0.4, 0.5) is 22.0 Å². The maximum absolute atomic E-state index is 14.2. The Kier molecular flexibility index (Phi) is 5.22. The first-order valence-electron chi connectivity index (χ1n) is 9.04. The normalized spacial score (nSPS) is 21.3. The van der Waals surface area contributed by atoms with Crippen molar-refractivity contribution >= 4 is 22.8 Å². The molecule has 0 aromatic carbocycles. The van der Waals surface area contributed by atoms with Crippen molar-refractivity contribution in [2.45, 2.75) is 43.7 Å². The zero-order valence-corrected chi connectivity index (χ0v) is 16.1. The van der Waals surface area contributed by atoms with E-state index in [-0.39, 0.29) is 17.7 Å². The molecule has 160 valence electrons. The summed E-state index contributed by atoms with van der Waals surface area (Å²) >= 11 is 0.406. The van der Waals surface area contributed by atoms with Crippen LogP contribution in [0.15, 0.2) is 24.5 Å². The highest BCUT2D eigenvalue weighted by Gasteiger charge is 2.47. The fourth-order valence-corrected chi connectivity index (χ4v) is 4.37. The standard InChI is InChI=1S/C18H16F5N5OS/c19-8-3-4-11-9(6-25-28(11)7-8)12-13(15(20)21)30-17(26-12)16(29)27-14-10(24)2-1-5-18(14,22)23/h3-4,6-7,10,14-15H,1-2,5,24H2,(H,27,29). The van der Waals surface area contributed by atoms with E-state index in [9.17, 15) is 26.7 Å². The Bertz CT molecular complexity index is 1100. The van der Waals surface area contributed by atoms with Crippen molar-refractivity contribution in [3.8, 4) is 11.3 Å². The summed E-state index contributed by atoms with van der Waals surface area (Å²) in [5.74, 6) is -4.78. The summed E-state index contributed by atoms with van der Waals surface area (Å²) in [7, 11) is 0. The van der Waals surface area contributed by atoms with E-state index in [1.54, 1.807) is 0 Å². The number of carbonyl (C=O) groups excluding carboxylic acids is 1. The van der Waals surface area contributed by atoms with Crippen molar-refractivity contribution in [3.63, 3.8) is 0 Å². The highest BCUT2D eigenvalue weighted by atomic mass is 32.1. The van der Waals surface area contributed by atoms with Gasteiger partial charge in [-0.1, -0.05) is 0 Å². The Balaban J connectivity index is 1.69. The molecule has 12 heteroatoms. The number of hydrogen-bond donors (Lipinski definition) is 2. The number of carbonyl (C=O) groups is 1. The summed E-state index contributed by atoms with van der Waals surface area (Å²) < 4.78 is 70.1. The van der Waals surface area contributed by atoms with Gasteiger partial charge in [0.1, 0.15) is 11.9 Å². The minimum Gasteiger partial charge on any atom is -0.340 e. The van der Waals surface area contributed by atoms with Crippen LogP contribution in [0, 0.1) is 5.82 Å². The molecule has 0 spiro atoms. The van der Waals surface area contributed by atoms with Crippen molar-refractivity contribution in [1.29, 1.82) is 0 Å². The van der Waals surface area contributed by atoms with Gasteiger partial charge in [0.2, 0.25) is 0 Å². The van der Waals surface area contributed by atoms with Crippen LogP contribution in [0.2, 0.25) is 0 Å². The van der Waals surface area contributed by atoms with Crippen molar-refractivity contribution < 1.29 is 26.7 Å². The van der Waals surface area contributed by atoms with Crippen molar-refractivity contribution in [2.24, 2.45) is 5.73 Å². The van der Waals surface area contributed by atoms with Gasteiger partial charge in [0, 0.05) is 18.0 Å². The third-order valence-corrected chi connectivity index (χ3v) is 6.06. The smallest absolute Gasteiger partial charge is 0.280 e. The summed E-state index contributed by atoms with van der Waals surface area (Å²) in [5.41, 5.74) is 6.00. The molecule has 3 N–H and O–H groups in total. The Labute approximate surface area is 170 Å². The fourth-order valence-electron chi connectivity index (χ4n) is 3.54. The molecule has 0 radical (unpaired) electrons. The van der Waals surface area contributed by atoms with Gasteiger partial charge in [0.15, 0.2) is 5.01 Å². The Morgan fingerprint density at radius 3 is 2.83 bits per heavy atom. The van der Waals surface area contributed by atoms with Gasteiger partial charge in [-0.2, -0.15) is 5.10 Å². The molecule has 4 rings (SSSR count). The molecule has 2 atom stereocenters. The minimum atomic E-state index is -3.20. The third kappa shape index (κ3) is 3.65. The number of nitrogens with zero attached hydrogens (tertiary/aromatic N) is 3. The van der Waals surface area contributed by atoms with E-state index in [0.717, 1.165) is 16.8 Å². The summed E-state index contributed by atoms with van der Waals surface area (Å²) in [6.45, 7) is 0. The van der Waals surface area contributed by atoms with Gasteiger partial charge in [-0.05, 0) is 25.0 Å². The lowest BCUT2D eigenvalue weighted by molar-refractivity contribution is -0.0674. The number of nitrogens with two attached hydrogens (primary N) is 1. The monoisotopic (exact) mass is 445 g/mol. The molecule has 0 saturated heterocycles. The average Bonchev–Trinajstić information content (AvgIpc) is 3.28. The van der Waals surface area contributed by atoms with Gasteiger partial charge in [-0.3, -0.25) is 4.79 Å². The number of rotatable bonds is 4. The van der Waals surface area contributed by atoms with Gasteiger partial charge in [0.05, 0.1) is 28.5 Å². The number of fused-ring (bicyclic) bond motifs is 1. The molecule has 6 nitrogen and oxygen atoms in total. The topological polar surface area (TPSA) is 85.3 Å². The van der Waals surface area contributed by atoms with E-state index in [1.165, 1.54) is 12.3 Å². The molecule has 1 saturated carbocycles. The summed E-state index contributed by atoms with van der Waals surface area (Å²) in [6, 6.07) is -0.0924. The zero-order chi connectivity index (χ0) is 21.6. The van der Waals surface area contributed by atoms with Crippen molar-refractivity contribution in [2.75, 3.05) is 0 Å². The molecule has 3 aromatic heterocycles. The molecule has 1 aliphatic carbocycles. The van der Waals surface area contributed by atoms with Gasteiger partial charge >= 0.3 is 0 Å². The average molecular weight is 445 g/mol. The number of nitrogens with one attached hydrogen (secondary N) is 1. The quantitative estimate of drug-likeness (QED) is 0.599. The third-order valence-electron chi connectivity index (χ3n) is 5.00. The molecule has 30 heavy (non-hydrogen) atoms. The highest BCUT2D eigenvalue weighted by molar-refractivity contribution is 7.14. The first-order chi connectivity index (χ1) is 14.2. The number of halogens is 5. The second-order valence-electron chi connectivity index (χ2n) is 7.04. The van der Waals surface area contributed by atoms with Crippen LogP contribution in [0.5, 0.6) is 0 Å². The maximum Gasteiger partial charge on any atom is 0.280 e. The van der Waals surface area contributed by atoms with Crippen LogP contribution in [-0.4, -0.2) is 38.5 Å². The zero-order valence-electron chi connectivity index (χ0n) is 15.3. The molecule has 1 amide bonds. The van der Waals surface area contributed by atoms with E-state index >= 15 is 0 Å². The second kappa shape index (κ2) is 7.58. The first kappa shape index (κ1) is 20.7. The molecule has 0 aliphatic heterocycles. The predicted molar refractivity (Wildman–Crippen MR) is 99.2 cm³/mol. The van der Waals surface area contributed by atoms with Crippen LogP contribution in [0.1, 0.15) is 40.4 Å². The van der Waals surface area contributed by atoms with E-state index in [1.807, 2.05) is 0 Å². The van der Waals surface area contributed by atoms with E-state index in [2.05, 4.69) is 15.4 Å². The van der Waals surface area contributed by atoms with Crippen LogP contribution in [0.25, 0.3) is 16.8 Å². The largest absolute Gasteiger partial charge is 0.340 e. The summed E-state index contributed by atoms with van der Waals surface area (Å²) in [5, 5.41) is 5.68. The lowest BCUT2D eigenvalue weighted by Gasteiger charge is -2.36. The van der Waals surface area contributed by atoms with E-state index < -0.39 is 52.5 Å². The molecular formula is C18H16F5N5OS. The number of hydrogen-bond acceptors (Lipinski definition) is 5.